The zero-order valence-electron chi connectivity index (χ0n) is 19.4. The first-order valence-electron chi connectivity index (χ1n) is 11.3. The van der Waals surface area contributed by atoms with E-state index in [-0.39, 0.29) is 6.03 Å². The lowest BCUT2D eigenvalue weighted by molar-refractivity contribution is 0.199. The molecule has 34 heavy (non-hydrogen) atoms. The van der Waals surface area contributed by atoms with Gasteiger partial charge in [-0.25, -0.2) is 4.79 Å². The highest BCUT2D eigenvalue weighted by Gasteiger charge is 2.36. The van der Waals surface area contributed by atoms with Crippen LogP contribution in [0.5, 0.6) is 0 Å². The Morgan fingerprint density at radius 1 is 1.03 bits per heavy atom. The first kappa shape index (κ1) is 21.7. The molecule has 0 aliphatic carbocycles. The quantitative estimate of drug-likeness (QED) is 0.392. The average Bonchev–Trinajstić information content (AvgIpc) is 3.54. The van der Waals surface area contributed by atoms with E-state index < -0.39 is 6.04 Å². The minimum absolute atomic E-state index is 0.208. The number of benzene rings is 2. The third-order valence-corrected chi connectivity index (χ3v) is 6.18. The van der Waals surface area contributed by atoms with Crippen LogP contribution in [0.25, 0.3) is 17.0 Å². The van der Waals surface area contributed by atoms with Crippen LogP contribution < -0.4 is 5.32 Å². The molecule has 2 amide bonds. The topological polar surface area (TPSA) is 84.4 Å². The molecule has 1 aliphatic rings. The predicted molar refractivity (Wildman–Crippen MR) is 128 cm³/mol. The maximum Gasteiger partial charge on any atom is 0.322 e. The largest absolute Gasteiger partial charge is 0.467 e. The molecule has 0 radical (unpaired) electrons. The summed E-state index contributed by atoms with van der Waals surface area (Å²) in [5, 5.41) is 7.36. The number of amides is 2. The van der Waals surface area contributed by atoms with Crippen molar-refractivity contribution in [1.82, 2.24) is 20.4 Å². The van der Waals surface area contributed by atoms with Crippen molar-refractivity contribution in [2.45, 2.75) is 39.8 Å². The van der Waals surface area contributed by atoms with Gasteiger partial charge in [0.1, 0.15) is 5.76 Å². The Hall–Kier alpha value is -4.13. The Balaban J connectivity index is 1.58. The lowest BCUT2D eigenvalue weighted by atomic mass is 9.93. The zero-order chi connectivity index (χ0) is 23.7. The summed E-state index contributed by atoms with van der Waals surface area (Å²) < 4.78 is 11.2. The van der Waals surface area contributed by atoms with E-state index in [0.717, 1.165) is 34.4 Å². The number of furan rings is 1. The number of hydrogen-bond donors (Lipinski definition) is 1. The number of nitrogens with one attached hydrogen (secondary N) is 1. The van der Waals surface area contributed by atoms with Crippen molar-refractivity contribution < 1.29 is 13.7 Å². The fourth-order valence-electron chi connectivity index (χ4n) is 4.16. The summed E-state index contributed by atoms with van der Waals surface area (Å²) in [4.78, 5) is 19.5. The Morgan fingerprint density at radius 3 is 2.47 bits per heavy atom. The van der Waals surface area contributed by atoms with Gasteiger partial charge in [-0.15, -0.1) is 0 Å². The average molecular weight is 455 g/mol. The fraction of sp³-hybridized carbons (Fsp3) is 0.222. The molecule has 5 rings (SSSR count). The Kier molecular flexibility index (Phi) is 5.76. The minimum atomic E-state index is -0.419. The number of hydrogen-bond acceptors (Lipinski definition) is 5. The fourth-order valence-corrected chi connectivity index (χ4v) is 4.16. The SMILES string of the molecule is CCc1ccc(C2NC(=O)N(Cc3ccco3)C(C)=C2c2nc(-c3ccc(C)cc3)no2)cc1. The first-order chi connectivity index (χ1) is 16.5. The molecule has 0 spiro atoms. The number of rotatable bonds is 6. The summed E-state index contributed by atoms with van der Waals surface area (Å²) in [5.41, 5.74) is 5.71. The van der Waals surface area contributed by atoms with Crippen LogP contribution in [0.3, 0.4) is 0 Å². The van der Waals surface area contributed by atoms with Gasteiger partial charge in [-0.05, 0) is 43.5 Å². The summed E-state index contributed by atoms with van der Waals surface area (Å²) >= 11 is 0. The van der Waals surface area contributed by atoms with Crippen LogP contribution in [0.2, 0.25) is 0 Å². The van der Waals surface area contributed by atoms with Crippen molar-refractivity contribution in [3.8, 4) is 11.4 Å². The summed E-state index contributed by atoms with van der Waals surface area (Å²) in [6, 6.07) is 19.2. The maximum atomic E-state index is 13.1. The van der Waals surface area contributed by atoms with Crippen LogP contribution in [0.15, 0.2) is 81.6 Å². The number of urea groups is 1. The number of carbonyl (C=O) groups excluding carboxylic acids is 1. The number of allylic oxidation sites excluding steroid dienone is 1. The van der Waals surface area contributed by atoms with E-state index in [1.165, 1.54) is 5.56 Å². The lowest BCUT2D eigenvalue weighted by Gasteiger charge is -2.34. The Labute approximate surface area is 198 Å². The molecule has 7 heteroatoms. The monoisotopic (exact) mass is 454 g/mol. The molecule has 0 saturated carbocycles. The van der Waals surface area contributed by atoms with Crippen molar-refractivity contribution >= 4 is 11.6 Å². The number of carbonyl (C=O) groups is 1. The second kappa shape index (κ2) is 9.02. The van der Waals surface area contributed by atoms with Crippen molar-refractivity contribution in [3.05, 3.63) is 101 Å². The van der Waals surface area contributed by atoms with E-state index in [9.17, 15) is 4.79 Å². The van der Waals surface area contributed by atoms with Gasteiger partial charge in [0.2, 0.25) is 5.82 Å². The molecule has 3 heterocycles. The molecular weight excluding hydrogens is 428 g/mol. The predicted octanol–water partition coefficient (Wildman–Crippen LogP) is 5.90. The van der Waals surface area contributed by atoms with Crippen molar-refractivity contribution in [2.24, 2.45) is 0 Å². The standard InChI is InChI=1S/C27H26N4O3/c1-4-19-9-13-20(14-10-19)24-23(18(3)31(27(32)28-24)16-22-6-5-15-33-22)26-29-25(30-34-26)21-11-7-17(2)8-12-21/h5-15,24H,4,16H2,1-3H3,(H,28,32). The van der Waals surface area contributed by atoms with E-state index in [4.69, 9.17) is 13.9 Å². The van der Waals surface area contributed by atoms with Gasteiger partial charge in [-0.1, -0.05) is 66.2 Å². The summed E-state index contributed by atoms with van der Waals surface area (Å²) in [6.07, 6.45) is 2.54. The summed E-state index contributed by atoms with van der Waals surface area (Å²) in [6.45, 7) is 6.35. The van der Waals surface area contributed by atoms with Crippen LogP contribution in [-0.2, 0) is 13.0 Å². The molecule has 1 aliphatic heterocycles. The molecular formula is C27H26N4O3. The van der Waals surface area contributed by atoms with Crippen molar-refractivity contribution in [2.75, 3.05) is 0 Å². The number of aromatic nitrogens is 2. The van der Waals surface area contributed by atoms with Crippen molar-refractivity contribution in [3.63, 3.8) is 0 Å². The molecule has 1 unspecified atom stereocenters. The smallest absolute Gasteiger partial charge is 0.322 e. The highest BCUT2D eigenvalue weighted by molar-refractivity contribution is 5.86. The molecule has 1 N–H and O–H groups in total. The van der Waals surface area contributed by atoms with Gasteiger partial charge < -0.3 is 14.3 Å². The number of nitrogens with zero attached hydrogens (tertiary/aromatic N) is 3. The van der Waals surface area contributed by atoms with Gasteiger partial charge in [0.15, 0.2) is 0 Å². The molecule has 4 aromatic rings. The third kappa shape index (κ3) is 4.12. The van der Waals surface area contributed by atoms with E-state index in [1.54, 1.807) is 17.2 Å². The van der Waals surface area contributed by atoms with E-state index >= 15 is 0 Å². The van der Waals surface area contributed by atoms with Crippen LogP contribution in [-0.4, -0.2) is 21.1 Å². The lowest BCUT2D eigenvalue weighted by Crippen LogP contribution is -2.45. The minimum Gasteiger partial charge on any atom is -0.467 e. The van der Waals surface area contributed by atoms with Crippen LogP contribution in [0.4, 0.5) is 4.79 Å². The highest BCUT2D eigenvalue weighted by atomic mass is 16.5. The maximum absolute atomic E-state index is 13.1. The highest BCUT2D eigenvalue weighted by Crippen LogP contribution is 2.38. The molecule has 0 saturated heterocycles. The van der Waals surface area contributed by atoms with Crippen LogP contribution in [0, 0.1) is 6.92 Å². The van der Waals surface area contributed by atoms with Gasteiger partial charge in [0, 0.05) is 11.3 Å². The number of aryl methyl sites for hydroxylation is 2. The molecule has 0 fully saturated rings. The summed E-state index contributed by atoms with van der Waals surface area (Å²) in [5.74, 6) is 1.57. The molecule has 7 nitrogen and oxygen atoms in total. The zero-order valence-corrected chi connectivity index (χ0v) is 19.4. The van der Waals surface area contributed by atoms with Gasteiger partial charge in [0.05, 0.1) is 24.4 Å². The normalized spacial score (nSPS) is 16.1. The molecule has 2 aromatic carbocycles. The van der Waals surface area contributed by atoms with Gasteiger partial charge in [0.25, 0.3) is 5.89 Å². The van der Waals surface area contributed by atoms with E-state index in [0.29, 0.717) is 24.0 Å². The molecule has 2 aromatic heterocycles. The first-order valence-corrected chi connectivity index (χ1v) is 11.3. The molecule has 0 bridgehead atoms. The Morgan fingerprint density at radius 2 is 1.79 bits per heavy atom. The second-order valence-corrected chi connectivity index (χ2v) is 8.43. The Bertz CT molecular complexity index is 1320. The van der Waals surface area contributed by atoms with E-state index in [1.807, 2.05) is 56.3 Å². The van der Waals surface area contributed by atoms with Gasteiger partial charge >= 0.3 is 6.03 Å². The van der Waals surface area contributed by atoms with E-state index in [2.05, 4.69) is 29.5 Å². The van der Waals surface area contributed by atoms with Crippen molar-refractivity contribution in [1.29, 1.82) is 0 Å². The van der Waals surface area contributed by atoms with Crippen LogP contribution >= 0.6 is 0 Å². The summed E-state index contributed by atoms with van der Waals surface area (Å²) in [7, 11) is 0. The van der Waals surface area contributed by atoms with Crippen LogP contribution in [0.1, 0.15) is 48.2 Å². The molecule has 172 valence electrons. The second-order valence-electron chi connectivity index (χ2n) is 8.43. The van der Waals surface area contributed by atoms with Gasteiger partial charge in [-0.3, -0.25) is 4.90 Å². The molecule has 1 atom stereocenters. The van der Waals surface area contributed by atoms with Gasteiger partial charge in [-0.2, -0.15) is 4.98 Å². The third-order valence-electron chi connectivity index (χ3n) is 6.18.